The van der Waals surface area contributed by atoms with Gasteiger partial charge >= 0.3 is 0 Å². The number of anilines is 2. The zero-order valence-electron chi connectivity index (χ0n) is 10.4. The number of nitrogens with zero attached hydrogens (tertiary/aromatic N) is 1. The van der Waals surface area contributed by atoms with Gasteiger partial charge in [0.2, 0.25) is 0 Å². The highest BCUT2D eigenvalue weighted by molar-refractivity contribution is 9.10. The summed E-state index contributed by atoms with van der Waals surface area (Å²) in [7, 11) is 0. The fraction of sp³-hybridized carbons (Fsp3) is 0.214. The van der Waals surface area contributed by atoms with Crippen LogP contribution in [-0.4, -0.2) is 4.57 Å². The highest BCUT2D eigenvalue weighted by Crippen LogP contribution is 2.28. The Morgan fingerprint density at radius 1 is 1.30 bits per heavy atom. The van der Waals surface area contributed by atoms with E-state index in [0.717, 1.165) is 18.5 Å². The molecule has 0 bridgehead atoms. The van der Waals surface area contributed by atoms with Gasteiger partial charge in [0.1, 0.15) is 10.8 Å². The summed E-state index contributed by atoms with van der Waals surface area (Å²) in [5.41, 5.74) is 1.45. The van der Waals surface area contributed by atoms with E-state index in [9.17, 15) is 9.18 Å². The number of rotatable bonds is 2. The minimum Gasteiger partial charge on any atom is -0.352 e. The standard InChI is InChI=1S/C14H11BrClFN2O/c15-8-3-4-11(10(17)6-8)18-12-7-9-2-1-5-19(9)14(20)13(12)16/h3-4,6-7,18H,1-2,5H2. The Bertz CT molecular complexity index is 745. The Kier molecular flexibility index (Phi) is 3.56. The SMILES string of the molecule is O=c1c(Cl)c(Nc2ccc(Br)cc2F)cc2n1CCC2. The molecule has 0 atom stereocenters. The number of aryl methyl sites for hydroxylation is 1. The van der Waals surface area contributed by atoms with Crippen molar-refractivity contribution in [3.8, 4) is 0 Å². The number of fused-ring (bicyclic) bond motifs is 1. The number of nitrogens with one attached hydrogen (secondary N) is 1. The first kappa shape index (κ1) is 13.6. The van der Waals surface area contributed by atoms with Gasteiger partial charge in [-0.25, -0.2) is 4.39 Å². The summed E-state index contributed by atoms with van der Waals surface area (Å²) in [4.78, 5) is 12.1. The molecule has 104 valence electrons. The minimum atomic E-state index is -0.406. The van der Waals surface area contributed by atoms with E-state index in [0.29, 0.717) is 16.7 Å². The Hall–Kier alpha value is -1.33. The molecule has 1 aliphatic heterocycles. The monoisotopic (exact) mass is 356 g/mol. The van der Waals surface area contributed by atoms with Crippen LogP contribution in [0.1, 0.15) is 12.1 Å². The molecule has 3 rings (SSSR count). The molecule has 0 unspecified atom stereocenters. The molecule has 6 heteroatoms. The van der Waals surface area contributed by atoms with Crippen LogP contribution in [0.25, 0.3) is 0 Å². The van der Waals surface area contributed by atoms with Gasteiger partial charge in [0.15, 0.2) is 0 Å². The summed E-state index contributed by atoms with van der Waals surface area (Å²) in [6.07, 6.45) is 1.77. The molecule has 20 heavy (non-hydrogen) atoms. The van der Waals surface area contributed by atoms with Crippen molar-refractivity contribution >= 4 is 38.9 Å². The maximum atomic E-state index is 13.8. The molecule has 2 aromatic rings. The number of hydrogen-bond acceptors (Lipinski definition) is 2. The van der Waals surface area contributed by atoms with Crippen molar-refractivity contribution < 1.29 is 4.39 Å². The Morgan fingerprint density at radius 3 is 2.85 bits per heavy atom. The normalized spacial score (nSPS) is 13.3. The molecule has 0 amide bonds. The zero-order chi connectivity index (χ0) is 14.3. The summed E-state index contributed by atoms with van der Waals surface area (Å²) in [5.74, 6) is -0.406. The minimum absolute atomic E-state index is 0.0953. The fourth-order valence-electron chi connectivity index (χ4n) is 2.37. The Labute approximate surface area is 128 Å². The van der Waals surface area contributed by atoms with Gasteiger partial charge < -0.3 is 9.88 Å². The van der Waals surface area contributed by atoms with Gasteiger partial charge in [-0.05, 0) is 37.1 Å². The van der Waals surface area contributed by atoms with Crippen LogP contribution in [0.4, 0.5) is 15.8 Å². The average molecular weight is 358 g/mol. The van der Waals surface area contributed by atoms with Crippen molar-refractivity contribution in [1.29, 1.82) is 0 Å². The van der Waals surface area contributed by atoms with Crippen LogP contribution in [0.2, 0.25) is 5.02 Å². The third-order valence-electron chi connectivity index (χ3n) is 3.34. The summed E-state index contributed by atoms with van der Waals surface area (Å²) in [6, 6.07) is 6.49. The molecule has 2 heterocycles. The number of benzene rings is 1. The van der Waals surface area contributed by atoms with Crippen molar-refractivity contribution in [3.05, 3.63) is 55.6 Å². The van der Waals surface area contributed by atoms with Crippen LogP contribution >= 0.6 is 27.5 Å². The zero-order valence-corrected chi connectivity index (χ0v) is 12.8. The van der Waals surface area contributed by atoms with Crippen molar-refractivity contribution in [2.24, 2.45) is 0 Å². The molecule has 0 spiro atoms. The van der Waals surface area contributed by atoms with Gasteiger partial charge in [-0.1, -0.05) is 27.5 Å². The average Bonchev–Trinajstić information content (AvgIpc) is 2.87. The van der Waals surface area contributed by atoms with Gasteiger partial charge in [-0.3, -0.25) is 4.79 Å². The van der Waals surface area contributed by atoms with Gasteiger partial charge in [0.25, 0.3) is 5.56 Å². The molecule has 1 aromatic heterocycles. The number of aromatic nitrogens is 1. The second kappa shape index (κ2) is 5.22. The third-order valence-corrected chi connectivity index (χ3v) is 4.20. The smallest absolute Gasteiger partial charge is 0.271 e. The van der Waals surface area contributed by atoms with Crippen molar-refractivity contribution in [3.63, 3.8) is 0 Å². The maximum Gasteiger partial charge on any atom is 0.271 e. The third kappa shape index (κ3) is 2.36. The molecule has 1 N–H and O–H groups in total. The highest BCUT2D eigenvalue weighted by Gasteiger charge is 2.18. The van der Waals surface area contributed by atoms with Gasteiger partial charge in [0.05, 0.1) is 11.4 Å². The summed E-state index contributed by atoms with van der Waals surface area (Å²) in [6.45, 7) is 0.695. The highest BCUT2D eigenvalue weighted by atomic mass is 79.9. The molecule has 0 radical (unpaired) electrons. The van der Waals surface area contributed by atoms with E-state index in [4.69, 9.17) is 11.6 Å². The second-order valence-electron chi connectivity index (χ2n) is 4.67. The molecule has 0 fully saturated rings. The first-order chi connectivity index (χ1) is 9.56. The van der Waals surface area contributed by atoms with Crippen LogP contribution in [0.5, 0.6) is 0 Å². The number of hydrogen-bond donors (Lipinski definition) is 1. The van der Waals surface area contributed by atoms with Gasteiger partial charge in [-0.15, -0.1) is 0 Å². The molecule has 3 nitrogen and oxygen atoms in total. The summed E-state index contributed by atoms with van der Waals surface area (Å²) in [5, 5.41) is 2.99. The molecule has 0 aliphatic carbocycles. The molecular weight excluding hydrogens is 347 g/mol. The van der Waals surface area contributed by atoms with E-state index >= 15 is 0 Å². The lowest BCUT2D eigenvalue weighted by molar-refractivity contribution is 0.631. The Morgan fingerprint density at radius 2 is 2.10 bits per heavy atom. The van der Waals surface area contributed by atoms with Crippen LogP contribution in [-0.2, 0) is 13.0 Å². The van der Waals surface area contributed by atoms with Crippen LogP contribution < -0.4 is 10.9 Å². The van der Waals surface area contributed by atoms with Gasteiger partial charge in [-0.2, -0.15) is 0 Å². The summed E-state index contributed by atoms with van der Waals surface area (Å²) >= 11 is 9.28. The summed E-state index contributed by atoms with van der Waals surface area (Å²) < 4.78 is 16.1. The number of halogens is 3. The second-order valence-corrected chi connectivity index (χ2v) is 5.97. The first-order valence-electron chi connectivity index (χ1n) is 6.20. The van der Waals surface area contributed by atoms with Crippen molar-refractivity contribution in [1.82, 2.24) is 4.57 Å². The lowest BCUT2D eigenvalue weighted by atomic mass is 10.2. The lowest BCUT2D eigenvalue weighted by Crippen LogP contribution is -2.20. The van der Waals surface area contributed by atoms with E-state index in [-0.39, 0.29) is 16.3 Å². The van der Waals surface area contributed by atoms with Crippen LogP contribution in [0.15, 0.2) is 33.5 Å². The topological polar surface area (TPSA) is 34.0 Å². The van der Waals surface area contributed by atoms with E-state index in [1.54, 1.807) is 16.7 Å². The van der Waals surface area contributed by atoms with Crippen LogP contribution in [0, 0.1) is 5.82 Å². The molecule has 1 aromatic carbocycles. The lowest BCUT2D eigenvalue weighted by Gasteiger charge is -2.12. The molecule has 0 saturated carbocycles. The van der Waals surface area contributed by atoms with Crippen LogP contribution in [0.3, 0.4) is 0 Å². The maximum absolute atomic E-state index is 13.8. The van der Waals surface area contributed by atoms with Crippen molar-refractivity contribution in [2.75, 3.05) is 5.32 Å². The van der Waals surface area contributed by atoms with E-state index in [1.165, 1.54) is 6.07 Å². The van der Waals surface area contributed by atoms with Crippen molar-refractivity contribution in [2.45, 2.75) is 19.4 Å². The van der Waals surface area contributed by atoms with E-state index in [2.05, 4.69) is 21.2 Å². The fourth-order valence-corrected chi connectivity index (χ4v) is 2.91. The van der Waals surface area contributed by atoms with E-state index < -0.39 is 5.82 Å². The predicted molar refractivity (Wildman–Crippen MR) is 81.4 cm³/mol. The predicted octanol–water partition coefficient (Wildman–Crippen LogP) is 4.09. The molecular formula is C14H11BrClFN2O. The number of pyridine rings is 1. The first-order valence-corrected chi connectivity index (χ1v) is 7.37. The van der Waals surface area contributed by atoms with Gasteiger partial charge in [0, 0.05) is 16.7 Å². The Balaban J connectivity index is 2.03. The largest absolute Gasteiger partial charge is 0.352 e. The molecule has 1 aliphatic rings. The quantitative estimate of drug-likeness (QED) is 0.878. The molecule has 0 saturated heterocycles. The van der Waals surface area contributed by atoms with E-state index in [1.807, 2.05) is 6.07 Å².